The lowest BCUT2D eigenvalue weighted by Gasteiger charge is -2.33. The van der Waals surface area contributed by atoms with Crippen LogP contribution in [-0.4, -0.2) is 53.1 Å². The Balaban J connectivity index is 1.58. The molecular formula is C20H22N4O2. The molecule has 3 aromatic rings. The van der Waals surface area contributed by atoms with Crippen LogP contribution in [0.1, 0.15) is 16.8 Å². The summed E-state index contributed by atoms with van der Waals surface area (Å²) in [6.07, 6.45) is 0.791. The van der Waals surface area contributed by atoms with Crippen molar-refractivity contribution in [2.75, 3.05) is 26.2 Å². The number of para-hydroxylation sites is 2. The van der Waals surface area contributed by atoms with Gasteiger partial charge in [-0.15, -0.1) is 0 Å². The third-order valence-electron chi connectivity index (χ3n) is 4.69. The number of aromatic nitrogens is 2. The van der Waals surface area contributed by atoms with Gasteiger partial charge in [-0.05, 0) is 37.2 Å². The molecule has 0 spiro atoms. The van der Waals surface area contributed by atoms with Crippen LogP contribution in [0.3, 0.4) is 0 Å². The number of imidazole rings is 1. The van der Waals surface area contributed by atoms with Crippen LogP contribution < -0.4 is 5.73 Å². The van der Waals surface area contributed by atoms with Gasteiger partial charge in [-0.2, -0.15) is 0 Å². The lowest BCUT2D eigenvalue weighted by Crippen LogP contribution is -2.46. The van der Waals surface area contributed by atoms with E-state index >= 15 is 0 Å². The summed E-state index contributed by atoms with van der Waals surface area (Å²) in [5.41, 5.74) is 9.08. The summed E-state index contributed by atoms with van der Waals surface area (Å²) in [7, 11) is 0. The maximum atomic E-state index is 12.9. The first-order valence-corrected chi connectivity index (χ1v) is 8.91. The van der Waals surface area contributed by atoms with E-state index in [1.807, 2.05) is 53.4 Å². The molecule has 0 saturated carbocycles. The molecule has 1 aliphatic heterocycles. The smallest absolute Gasteiger partial charge is 0.254 e. The number of nitrogens with one attached hydrogen (secondary N) is 1. The number of nitrogens with two attached hydrogens (primary N) is 1. The number of ether oxygens (including phenoxy) is 1. The van der Waals surface area contributed by atoms with Crippen LogP contribution >= 0.6 is 0 Å². The average molecular weight is 350 g/mol. The van der Waals surface area contributed by atoms with Gasteiger partial charge in [0.25, 0.3) is 5.91 Å². The highest BCUT2D eigenvalue weighted by Crippen LogP contribution is 2.22. The van der Waals surface area contributed by atoms with Gasteiger partial charge >= 0.3 is 0 Å². The Morgan fingerprint density at radius 2 is 2.15 bits per heavy atom. The molecule has 1 aliphatic rings. The number of carbonyl (C=O) groups excluding carboxylic acids is 1. The molecule has 134 valence electrons. The zero-order valence-electron chi connectivity index (χ0n) is 14.5. The van der Waals surface area contributed by atoms with E-state index in [0.29, 0.717) is 31.8 Å². The molecule has 4 rings (SSSR count). The number of amides is 1. The second-order valence-electron chi connectivity index (χ2n) is 6.50. The number of carbonyl (C=O) groups is 1. The number of H-pyrrole nitrogens is 1. The van der Waals surface area contributed by atoms with E-state index in [2.05, 4.69) is 9.97 Å². The van der Waals surface area contributed by atoms with E-state index in [9.17, 15) is 4.79 Å². The highest BCUT2D eigenvalue weighted by Gasteiger charge is 2.24. The lowest BCUT2D eigenvalue weighted by atomic mass is 10.1. The summed E-state index contributed by atoms with van der Waals surface area (Å²) >= 11 is 0. The second-order valence-corrected chi connectivity index (χ2v) is 6.50. The van der Waals surface area contributed by atoms with Crippen molar-refractivity contribution in [1.29, 1.82) is 0 Å². The van der Waals surface area contributed by atoms with E-state index < -0.39 is 0 Å². The Hall–Kier alpha value is -2.70. The van der Waals surface area contributed by atoms with Gasteiger partial charge in [0.05, 0.1) is 23.7 Å². The number of hydrogen-bond donors (Lipinski definition) is 2. The first kappa shape index (κ1) is 16.8. The van der Waals surface area contributed by atoms with Crippen molar-refractivity contribution in [3.8, 4) is 11.4 Å². The maximum absolute atomic E-state index is 12.9. The lowest BCUT2D eigenvalue weighted by molar-refractivity contribution is -0.0236. The first-order chi connectivity index (χ1) is 12.7. The zero-order chi connectivity index (χ0) is 17.9. The SMILES string of the molecule is NCC[C@H]1CN(C(=O)c2cccc(-c3nc4ccccc4[nH]3)c2)CCO1. The molecule has 0 unspecified atom stereocenters. The molecule has 1 aromatic heterocycles. The number of morpholine rings is 1. The van der Waals surface area contributed by atoms with Gasteiger partial charge in [0.1, 0.15) is 5.82 Å². The topological polar surface area (TPSA) is 84.2 Å². The number of nitrogens with zero attached hydrogens (tertiary/aromatic N) is 2. The predicted molar refractivity (Wildman–Crippen MR) is 101 cm³/mol. The van der Waals surface area contributed by atoms with Crippen LogP contribution in [0.4, 0.5) is 0 Å². The molecule has 2 heterocycles. The monoisotopic (exact) mass is 350 g/mol. The Kier molecular flexibility index (Phi) is 4.69. The van der Waals surface area contributed by atoms with Gasteiger partial charge in [0.15, 0.2) is 0 Å². The number of aromatic amines is 1. The second kappa shape index (κ2) is 7.27. The highest BCUT2D eigenvalue weighted by atomic mass is 16.5. The van der Waals surface area contributed by atoms with Crippen molar-refractivity contribution in [3.05, 3.63) is 54.1 Å². The summed E-state index contributed by atoms with van der Waals surface area (Å²) in [5, 5.41) is 0. The molecule has 26 heavy (non-hydrogen) atoms. The fourth-order valence-electron chi connectivity index (χ4n) is 3.34. The first-order valence-electron chi connectivity index (χ1n) is 8.91. The van der Waals surface area contributed by atoms with Gasteiger partial charge in [0, 0.05) is 24.2 Å². The summed E-state index contributed by atoms with van der Waals surface area (Å²) in [6, 6.07) is 15.5. The third kappa shape index (κ3) is 3.34. The molecule has 6 nitrogen and oxygen atoms in total. The van der Waals surface area contributed by atoms with Crippen molar-refractivity contribution in [2.45, 2.75) is 12.5 Å². The number of hydrogen-bond acceptors (Lipinski definition) is 4. The van der Waals surface area contributed by atoms with Crippen LogP contribution in [-0.2, 0) is 4.74 Å². The molecule has 1 amide bonds. The molecule has 0 radical (unpaired) electrons. The van der Waals surface area contributed by atoms with E-state index in [-0.39, 0.29) is 12.0 Å². The quantitative estimate of drug-likeness (QED) is 0.757. The van der Waals surface area contributed by atoms with E-state index in [1.54, 1.807) is 0 Å². The summed E-state index contributed by atoms with van der Waals surface area (Å²) in [5.74, 6) is 0.789. The van der Waals surface area contributed by atoms with E-state index in [0.717, 1.165) is 28.8 Å². The molecule has 3 N–H and O–H groups in total. The van der Waals surface area contributed by atoms with Gasteiger partial charge in [-0.25, -0.2) is 4.98 Å². The predicted octanol–water partition coefficient (Wildman–Crippen LogP) is 2.42. The van der Waals surface area contributed by atoms with Gasteiger partial charge in [0.2, 0.25) is 0 Å². The van der Waals surface area contributed by atoms with Gasteiger partial charge in [-0.1, -0.05) is 24.3 Å². The molecule has 0 bridgehead atoms. The molecule has 6 heteroatoms. The molecule has 1 fully saturated rings. The maximum Gasteiger partial charge on any atom is 0.254 e. The van der Waals surface area contributed by atoms with Crippen LogP contribution in [0.5, 0.6) is 0 Å². The van der Waals surface area contributed by atoms with Crippen molar-refractivity contribution < 1.29 is 9.53 Å². The fourth-order valence-corrected chi connectivity index (χ4v) is 3.34. The normalized spacial score (nSPS) is 17.6. The van der Waals surface area contributed by atoms with Crippen molar-refractivity contribution in [2.24, 2.45) is 5.73 Å². The van der Waals surface area contributed by atoms with Crippen LogP contribution in [0, 0.1) is 0 Å². The van der Waals surface area contributed by atoms with Gasteiger partial charge in [-0.3, -0.25) is 4.79 Å². The van der Waals surface area contributed by atoms with Crippen molar-refractivity contribution in [3.63, 3.8) is 0 Å². The summed E-state index contributed by atoms with van der Waals surface area (Å²) in [4.78, 5) is 22.7. The number of benzene rings is 2. The molecule has 1 atom stereocenters. The third-order valence-corrected chi connectivity index (χ3v) is 4.69. The summed E-state index contributed by atoms with van der Waals surface area (Å²) in [6.45, 7) is 2.31. The largest absolute Gasteiger partial charge is 0.374 e. The van der Waals surface area contributed by atoms with Gasteiger partial charge < -0.3 is 20.4 Å². The Labute approximate surface area is 152 Å². The van der Waals surface area contributed by atoms with Crippen LogP contribution in [0.2, 0.25) is 0 Å². The number of fused-ring (bicyclic) bond motifs is 1. The Morgan fingerprint density at radius 3 is 3.00 bits per heavy atom. The molecular weight excluding hydrogens is 328 g/mol. The van der Waals surface area contributed by atoms with Crippen molar-refractivity contribution >= 4 is 16.9 Å². The Morgan fingerprint density at radius 1 is 1.27 bits per heavy atom. The highest BCUT2D eigenvalue weighted by molar-refractivity contribution is 5.95. The van der Waals surface area contributed by atoms with E-state index in [1.165, 1.54) is 0 Å². The van der Waals surface area contributed by atoms with Crippen molar-refractivity contribution in [1.82, 2.24) is 14.9 Å². The average Bonchev–Trinajstić information content (AvgIpc) is 3.12. The van der Waals surface area contributed by atoms with E-state index in [4.69, 9.17) is 10.5 Å². The molecule has 1 saturated heterocycles. The minimum atomic E-state index is 0.0216. The minimum Gasteiger partial charge on any atom is -0.374 e. The van der Waals surface area contributed by atoms with Crippen LogP contribution in [0.25, 0.3) is 22.4 Å². The standard InChI is InChI=1S/C20H22N4O2/c21-9-8-16-13-24(10-11-26-16)20(25)15-5-3-4-14(12-15)19-22-17-6-1-2-7-18(17)23-19/h1-7,12,16H,8-11,13,21H2,(H,22,23)/t16-/m0/s1. The molecule has 2 aromatic carbocycles. The number of rotatable bonds is 4. The molecule has 0 aliphatic carbocycles. The fraction of sp³-hybridized carbons (Fsp3) is 0.300. The van der Waals surface area contributed by atoms with Crippen LogP contribution in [0.15, 0.2) is 48.5 Å². The minimum absolute atomic E-state index is 0.0216. The zero-order valence-corrected chi connectivity index (χ0v) is 14.5. The summed E-state index contributed by atoms with van der Waals surface area (Å²) < 4.78 is 5.67. The Bertz CT molecular complexity index is 886.